The van der Waals surface area contributed by atoms with Gasteiger partial charge in [0.05, 0.1) is 17.4 Å². The third kappa shape index (κ3) is 7.17. The van der Waals surface area contributed by atoms with Crippen molar-refractivity contribution in [2.75, 3.05) is 6.61 Å². The highest BCUT2D eigenvalue weighted by atomic mass is 35.5. The molecule has 4 atom stereocenters. The molecular weight excluding hydrogens is 316 g/mol. The fourth-order valence-electron chi connectivity index (χ4n) is 2.01. The van der Waals surface area contributed by atoms with Crippen molar-refractivity contribution in [1.29, 1.82) is 0 Å². The van der Waals surface area contributed by atoms with E-state index >= 15 is 0 Å². The lowest BCUT2D eigenvalue weighted by molar-refractivity contribution is -0.535. The number of carbonyl (C=O) groups excluding carboxylic acids is 1. The lowest BCUT2D eigenvalue weighted by atomic mass is 10.1. The van der Waals surface area contributed by atoms with Crippen LogP contribution in [-0.4, -0.2) is 62.1 Å². The summed E-state index contributed by atoms with van der Waals surface area (Å²) in [5, 5.41) is 33.5. The first-order valence-corrected chi connectivity index (χ1v) is 6.38. The Morgan fingerprint density at radius 1 is 1.19 bits per heavy atom. The largest absolute Gasteiger partial charge is 0.509 e. The average Bonchev–Trinajstić information content (AvgIpc) is 2.66. The Bertz CT molecular complexity index is 312. The van der Waals surface area contributed by atoms with Gasteiger partial charge in [-0.25, -0.2) is 14.5 Å². The highest BCUT2D eigenvalue weighted by molar-refractivity contribution is 6.19. The van der Waals surface area contributed by atoms with E-state index in [9.17, 15) is 4.79 Å². The molecule has 0 saturated heterocycles. The van der Waals surface area contributed by atoms with Crippen LogP contribution in [-0.2, 0) is 19.1 Å². The van der Waals surface area contributed by atoms with Crippen molar-refractivity contribution in [2.24, 2.45) is 5.92 Å². The topological polar surface area (TPSA) is 141 Å². The van der Waals surface area contributed by atoms with Gasteiger partial charge in [-0.15, -0.1) is 0 Å². The first-order valence-electron chi connectivity index (χ1n) is 5.94. The maximum Gasteiger partial charge on any atom is 0.509 e. The van der Waals surface area contributed by atoms with Crippen molar-refractivity contribution < 1.29 is 44.8 Å². The van der Waals surface area contributed by atoms with Gasteiger partial charge in [0.25, 0.3) is 0 Å². The maximum absolute atomic E-state index is 11.2. The van der Waals surface area contributed by atoms with Gasteiger partial charge in [-0.05, 0) is 25.7 Å². The van der Waals surface area contributed by atoms with Crippen molar-refractivity contribution >= 4 is 17.8 Å². The third-order valence-corrected chi connectivity index (χ3v) is 2.79. The van der Waals surface area contributed by atoms with E-state index in [4.69, 9.17) is 37.2 Å². The van der Waals surface area contributed by atoms with E-state index in [1.54, 1.807) is 0 Å². The Kier molecular flexibility index (Phi) is 7.51. The zero-order chi connectivity index (χ0) is 16.0. The molecule has 0 heterocycles. The van der Waals surface area contributed by atoms with Gasteiger partial charge < -0.3 is 9.47 Å². The summed E-state index contributed by atoms with van der Waals surface area (Å²) in [6, 6.07) is 0. The van der Waals surface area contributed by atoms with Crippen LogP contribution >= 0.6 is 11.6 Å². The number of ether oxygens (including phenoxy) is 2. The van der Waals surface area contributed by atoms with E-state index in [1.807, 2.05) is 0 Å². The highest BCUT2D eigenvalue weighted by Crippen LogP contribution is 2.31. The molecular formula is C9H17ClN2O9. The minimum absolute atomic E-state index is 0.0596. The molecule has 1 aliphatic carbocycles. The Morgan fingerprint density at radius 2 is 1.67 bits per heavy atom. The average molecular weight is 333 g/mol. The fraction of sp³-hybridized carbons (Fsp3) is 0.889. The Hall–Kier alpha value is -0.760. The lowest BCUT2D eigenvalue weighted by Gasteiger charge is -2.20. The van der Waals surface area contributed by atoms with Crippen molar-refractivity contribution in [2.45, 2.75) is 37.5 Å². The number of carbonyl (C=O) groups is 1. The van der Waals surface area contributed by atoms with Crippen molar-refractivity contribution in [3.63, 3.8) is 0 Å². The first kappa shape index (κ1) is 18.3. The molecule has 4 N–H and O–H groups in total. The number of halogens is 1. The molecule has 1 aliphatic rings. The highest BCUT2D eigenvalue weighted by Gasteiger charge is 2.39. The van der Waals surface area contributed by atoms with E-state index in [-0.39, 0.29) is 25.4 Å². The molecule has 0 aliphatic heterocycles. The van der Waals surface area contributed by atoms with Crippen molar-refractivity contribution in [3.8, 4) is 0 Å². The van der Waals surface area contributed by atoms with Crippen LogP contribution in [0.5, 0.6) is 0 Å². The van der Waals surface area contributed by atoms with Gasteiger partial charge in [-0.1, -0.05) is 11.6 Å². The minimum atomic E-state index is -0.948. The number of alkyl halides is 1. The fourth-order valence-corrected chi connectivity index (χ4v) is 2.08. The molecule has 1 rings (SSSR count). The van der Waals surface area contributed by atoms with Gasteiger partial charge in [0.1, 0.15) is 12.2 Å². The lowest BCUT2D eigenvalue weighted by Crippen LogP contribution is -2.35. The van der Waals surface area contributed by atoms with Crippen LogP contribution in [0.25, 0.3) is 0 Å². The van der Waals surface area contributed by atoms with Crippen LogP contribution in [0.1, 0.15) is 19.8 Å². The number of hydrogen-bond donors (Lipinski definition) is 4. The van der Waals surface area contributed by atoms with Gasteiger partial charge in [-0.2, -0.15) is 0 Å². The zero-order valence-electron chi connectivity index (χ0n) is 11.0. The molecule has 11 nitrogen and oxygen atoms in total. The molecule has 0 aromatic rings. The summed E-state index contributed by atoms with van der Waals surface area (Å²) in [7, 11) is 0. The normalized spacial score (nSPS) is 27.1. The molecule has 124 valence electrons. The molecule has 12 heteroatoms. The third-order valence-electron chi connectivity index (χ3n) is 2.70. The van der Waals surface area contributed by atoms with E-state index in [0.717, 1.165) is 0 Å². The number of nitrogens with zero attached hydrogens (tertiary/aromatic N) is 2. The molecule has 0 aromatic carbocycles. The van der Waals surface area contributed by atoms with Crippen molar-refractivity contribution in [3.05, 3.63) is 0 Å². The van der Waals surface area contributed by atoms with E-state index < -0.39 is 34.7 Å². The maximum atomic E-state index is 11.2. The Labute approximate surface area is 124 Å². The number of hydrogen-bond acceptors (Lipinski definition) is 11. The molecule has 1 saturated carbocycles. The van der Waals surface area contributed by atoms with Gasteiger partial charge in [0.2, 0.25) is 0 Å². The Morgan fingerprint density at radius 3 is 2.05 bits per heavy atom. The molecule has 2 unspecified atom stereocenters. The predicted octanol–water partition coefficient (Wildman–Crippen LogP) is 0.896. The Balaban J connectivity index is 2.44. The summed E-state index contributed by atoms with van der Waals surface area (Å²) in [6.07, 6.45) is -2.31. The summed E-state index contributed by atoms with van der Waals surface area (Å²) in [6.45, 7) is 1.39. The molecule has 21 heavy (non-hydrogen) atoms. The molecule has 0 amide bonds. The first-order chi connectivity index (χ1) is 9.77. The van der Waals surface area contributed by atoms with Gasteiger partial charge in [0.15, 0.2) is 5.56 Å². The van der Waals surface area contributed by atoms with Crippen LogP contribution in [0.2, 0.25) is 0 Å². The van der Waals surface area contributed by atoms with Crippen LogP contribution in [0.4, 0.5) is 4.79 Å². The standard InChI is InChI=1S/C9H17ClN2O9/c1-5(10)19-9(13)18-4-6-2-7(20-11(14)15)8(3-6)21-12(16)17/h5-8,14-17H,2-4H2,1H3/t5?,6?,7-,8+. The van der Waals surface area contributed by atoms with Gasteiger partial charge in [0, 0.05) is 0 Å². The quantitative estimate of drug-likeness (QED) is 0.300. The molecule has 0 bridgehead atoms. The van der Waals surface area contributed by atoms with Crippen LogP contribution < -0.4 is 0 Å². The summed E-state index contributed by atoms with van der Waals surface area (Å²) in [5.74, 6) is -0.280. The second kappa shape index (κ2) is 8.63. The van der Waals surface area contributed by atoms with E-state index in [2.05, 4.69) is 14.4 Å². The SMILES string of the molecule is CC(Cl)OC(=O)OCC1C[C@H](ON(O)O)[C@H](ON(O)O)C1. The van der Waals surface area contributed by atoms with Gasteiger partial charge in [-0.3, -0.25) is 20.8 Å². The monoisotopic (exact) mass is 332 g/mol. The smallest absolute Gasteiger partial charge is 0.434 e. The molecule has 0 spiro atoms. The van der Waals surface area contributed by atoms with Crippen LogP contribution in [0, 0.1) is 5.92 Å². The molecule has 0 aromatic heterocycles. The summed E-state index contributed by atoms with van der Waals surface area (Å²) < 4.78 is 9.37. The summed E-state index contributed by atoms with van der Waals surface area (Å²) in [4.78, 5) is 20.4. The van der Waals surface area contributed by atoms with Crippen LogP contribution in [0.15, 0.2) is 0 Å². The van der Waals surface area contributed by atoms with Crippen molar-refractivity contribution in [1.82, 2.24) is 10.8 Å². The molecule has 0 radical (unpaired) electrons. The van der Waals surface area contributed by atoms with E-state index in [0.29, 0.717) is 0 Å². The van der Waals surface area contributed by atoms with Crippen LogP contribution in [0.3, 0.4) is 0 Å². The molecule has 1 fully saturated rings. The van der Waals surface area contributed by atoms with Gasteiger partial charge >= 0.3 is 6.16 Å². The summed E-state index contributed by atoms with van der Waals surface area (Å²) >= 11 is 5.44. The van der Waals surface area contributed by atoms with E-state index in [1.165, 1.54) is 6.92 Å². The second-order valence-electron chi connectivity index (χ2n) is 4.35. The second-order valence-corrected chi connectivity index (χ2v) is 4.97. The minimum Gasteiger partial charge on any atom is -0.434 e. The zero-order valence-corrected chi connectivity index (χ0v) is 11.8. The predicted molar refractivity (Wildman–Crippen MR) is 61.0 cm³/mol. The summed E-state index contributed by atoms with van der Waals surface area (Å²) in [5.41, 5.74) is -0.831. The number of rotatable bonds is 7.